The molecule has 106 valence electrons. The molecule has 20 heavy (non-hydrogen) atoms. The van der Waals surface area contributed by atoms with Crippen molar-refractivity contribution >= 4 is 11.5 Å². The van der Waals surface area contributed by atoms with Crippen LogP contribution in [0.4, 0.5) is 5.69 Å². The molecule has 0 unspecified atom stereocenters. The second kappa shape index (κ2) is 5.53. The summed E-state index contributed by atoms with van der Waals surface area (Å²) >= 11 is 0. The predicted octanol–water partition coefficient (Wildman–Crippen LogP) is 3.27. The topological polar surface area (TPSA) is 25.2 Å². The summed E-state index contributed by atoms with van der Waals surface area (Å²) in [5.74, 6) is 0.164. The van der Waals surface area contributed by atoms with Crippen LogP contribution in [0.25, 0.3) is 0 Å². The van der Waals surface area contributed by atoms with Crippen LogP contribution >= 0.6 is 0 Å². The molecule has 0 spiro atoms. The summed E-state index contributed by atoms with van der Waals surface area (Å²) in [6, 6.07) is 10.1. The molecule has 0 atom stereocenters. The summed E-state index contributed by atoms with van der Waals surface area (Å²) in [7, 11) is 3.96. The Morgan fingerprint density at radius 1 is 1.20 bits per heavy atom. The first-order valence-electron chi connectivity index (χ1n) is 6.84. The molecule has 1 heterocycles. The van der Waals surface area contributed by atoms with Crippen LogP contribution in [0.15, 0.2) is 30.3 Å². The van der Waals surface area contributed by atoms with Crippen LogP contribution in [0, 0.1) is 20.8 Å². The minimum Gasteiger partial charge on any atom is -0.367 e. The molecule has 0 saturated heterocycles. The van der Waals surface area contributed by atoms with Crippen LogP contribution < -0.4 is 4.90 Å². The van der Waals surface area contributed by atoms with Gasteiger partial charge in [0.25, 0.3) is 0 Å². The average molecular weight is 270 g/mol. The van der Waals surface area contributed by atoms with Crippen LogP contribution in [0.5, 0.6) is 0 Å². The third kappa shape index (κ3) is 2.62. The van der Waals surface area contributed by atoms with E-state index in [1.807, 2.05) is 57.1 Å². The highest BCUT2D eigenvalue weighted by molar-refractivity contribution is 6.00. The number of nitrogens with zero attached hydrogens (tertiary/aromatic N) is 2. The van der Waals surface area contributed by atoms with Gasteiger partial charge in [-0.1, -0.05) is 18.2 Å². The van der Waals surface area contributed by atoms with Crippen molar-refractivity contribution in [2.24, 2.45) is 7.05 Å². The fourth-order valence-corrected chi connectivity index (χ4v) is 2.52. The van der Waals surface area contributed by atoms with Crippen LogP contribution in [-0.4, -0.2) is 23.9 Å². The summed E-state index contributed by atoms with van der Waals surface area (Å²) < 4.78 is 2.06. The van der Waals surface area contributed by atoms with Crippen LogP contribution in [0.1, 0.15) is 27.3 Å². The Hall–Kier alpha value is -2.03. The number of carbonyl (C=O) groups is 1. The Kier molecular flexibility index (Phi) is 3.98. The first-order chi connectivity index (χ1) is 9.41. The van der Waals surface area contributed by atoms with Crippen molar-refractivity contribution < 1.29 is 4.79 Å². The van der Waals surface area contributed by atoms with E-state index in [1.54, 1.807) is 0 Å². The van der Waals surface area contributed by atoms with Crippen LogP contribution in [0.3, 0.4) is 0 Å². The van der Waals surface area contributed by atoms with Gasteiger partial charge in [-0.3, -0.25) is 4.79 Å². The number of anilines is 1. The first-order valence-corrected chi connectivity index (χ1v) is 6.84. The lowest BCUT2D eigenvalue weighted by atomic mass is 10.1. The third-order valence-electron chi connectivity index (χ3n) is 3.98. The molecule has 0 aliphatic rings. The average Bonchev–Trinajstić information content (AvgIpc) is 2.67. The van der Waals surface area contributed by atoms with Gasteiger partial charge >= 0.3 is 0 Å². The van der Waals surface area contributed by atoms with Crippen molar-refractivity contribution in [2.45, 2.75) is 20.8 Å². The van der Waals surface area contributed by atoms with Gasteiger partial charge < -0.3 is 9.47 Å². The number of hydrogen-bond acceptors (Lipinski definition) is 2. The summed E-state index contributed by atoms with van der Waals surface area (Å²) in [6.07, 6.45) is 0. The molecular weight excluding hydrogens is 248 g/mol. The van der Waals surface area contributed by atoms with Gasteiger partial charge in [0, 0.05) is 36.7 Å². The Morgan fingerprint density at radius 2 is 1.85 bits per heavy atom. The van der Waals surface area contributed by atoms with Gasteiger partial charge in [0.1, 0.15) is 0 Å². The molecule has 0 bridgehead atoms. The molecule has 0 amide bonds. The molecule has 3 heteroatoms. The standard InChI is InChI=1S/C17H22N2O/c1-12-8-6-7-9-16(12)18(4)11-17(20)15-10-13(2)19(5)14(15)3/h6-10H,11H2,1-5H3. The maximum atomic E-state index is 12.5. The van der Waals surface area contributed by atoms with Gasteiger partial charge in [0.05, 0.1) is 6.54 Å². The molecule has 3 nitrogen and oxygen atoms in total. The minimum atomic E-state index is 0.164. The number of ketones is 1. The number of aromatic nitrogens is 1. The summed E-state index contributed by atoms with van der Waals surface area (Å²) in [5.41, 5.74) is 5.26. The molecule has 2 aromatic rings. The summed E-state index contributed by atoms with van der Waals surface area (Å²) in [6.45, 7) is 6.48. The summed E-state index contributed by atoms with van der Waals surface area (Å²) in [5, 5.41) is 0. The second-order valence-electron chi connectivity index (χ2n) is 5.41. The highest BCUT2D eigenvalue weighted by Gasteiger charge is 2.16. The zero-order chi connectivity index (χ0) is 14.9. The molecule has 1 aromatic carbocycles. The lowest BCUT2D eigenvalue weighted by Crippen LogP contribution is -2.26. The molecule has 0 N–H and O–H groups in total. The Bertz CT molecular complexity index is 640. The fourth-order valence-electron chi connectivity index (χ4n) is 2.52. The lowest BCUT2D eigenvalue weighted by Gasteiger charge is -2.20. The van der Waals surface area contributed by atoms with E-state index >= 15 is 0 Å². The number of likely N-dealkylation sites (N-methyl/N-ethyl adjacent to an activating group) is 1. The van der Waals surface area contributed by atoms with Crippen molar-refractivity contribution in [3.8, 4) is 0 Å². The van der Waals surface area contributed by atoms with Crippen molar-refractivity contribution in [1.29, 1.82) is 0 Å². The third-order valence-corrected chi connectivity index (χ3v) is 3.98. The van der Waals surface area contributed by atoms with Gasteiger partial charge in [-0.2, -0.15) is 0 Å². The van der Waals surface area contributed by atoms with E-state index in [-0.39, 0.29) is 5.78 Å². The number of hydrogen-bond donors (Lipinski definition) is 0. The second-order valence-corrected chi connectivity index (χ2v) is 5.41. The Morgan fingerprint density at radius 3 is 2.40 bits per heavy atom. The maximum Gasteiger partial charge on any atom is 0.183 e. The monoisotopic (exact) mass is 270 g/mol. The van der Waals surface area contributed by atoms with Crippen LogP contribution in [0.2, 0.25) is 0 Å². The number of rotatable bonds is 4. The van der Waals surface area contributed by atoms with Crippen molar-refractivity contribution in [2.75, 3.05) is 18.5 Å². The Balaban J connectivity index is 2.20. The van der Waals surface area contributed by atoms with E-state index in [0.717, 1.165) is 22.6 Å². The highest BCUT2D eigenvalue weighted by atomic mass is 16.1. The first kappa shape index (κ1) is 14.4. The minimum absolute atomic E-state index is 0.164. The molecule has 0 aliphatic carbocycles. The van der Waals surface area contributed by atoms with Gasteiger partial charge in [-0.05, 0) is 38.5 Å². The normalized spacial score (nSPS) is 10.7. The predicted molar refractivity (Wildman–Crippen MR) is 83.7 cm³/mol. The van der Waals surface area contributed by atoms with E-state index in [4.69, 9.17) is 0 Å². The highest BCUT2D eigenvalue weighted by Crippen LogP contribution is 2.19. The molecule has 0 saturated carbocycles. The van der Waals surface area contributed by atoms with Gasteiger partial charge in [0.15, 0.2) is 5.78 Å². The zero-order valence-corrected chi connectivity index (χ0v) is 12.9. The maximum absolute atomic E-state index is 12.5. The van der Waals surface area contributed by atoms with E-state index in [9.17, 15) is 4.79 Å². The number of benzene rings is 1. The number of Topliss-reactive ketones (excluding diaryl/α,β-unsaturated/α-hetero) is 1. The molecule has 1 aromatic heterocycles. The van der Waals surface area contributed by atoms with Crippen LogP contribution in [-0.2, 0) is 7.05 Å². The summed E-state index contributed by atoms with van der Waals surface area (Å²) in [4.78, 5) is 14.5. The largest absolute Gasteiger partial charge is 0.367 e. The molecule has 0 radical (unpaired) electrons. The van der Waals surface area contributed by atoms with Gasteiger partial charge in [-0.25, -0.2) is 0 Å². The fraction of sp³-hybridized carbons (Fsp3) is 0.353. The Labute approximate surface area is 120 Å². The number of aryl methyl sites for hydroxylation is 2. The van der Waals surface area contributed by atoms with E-state index in [0.29, 0.717) is 6.54 Å². The van der Waals surface area contributed by atoms with Gasteiger partial charge in [0.2, 0.25) is 0 Å². The van der Waals surface area contributed by atoms with Crippen molar-refractivity contribution in [1.82, 2.24) is 4.57 Å². The van der Waals surface area contributed by atoms with Crippen molar-refractivity contribution in [3.63, 3.8) is 0 Å². The SMILES string of the molecule is Cc1ccccc1N(C)CC(=O)c1cc(C)n(C)c1C. The van der Waals surface area contributed by atoms with E-state index in [1.165, 1.54) is 5.56 Å². The molecular formula is C17H22N2O. The quantitative estimate of drug-likeness (QED) is 0.797. The molecule has 2 rings (SSSR count). The lowest BCUT2D eigenvalue weighted by molar-refractivity contribution is 0.0999. The number of carbonyl (C=O) groups excluding carboxylic acids is 1. The molecule has 0 fully saturated rings. The molecule has 0 aliphatic heterocycles. The van der Waals surface area contributed by atoms with Crippen molar-refractivity contribution in [3.05, 3.63) is 52.8 Å². The number of para-hydroxylation sites is 1. The van der Waals surface area contributed by atoms with E-state index in [2.05, 4.69) is 17.6 Å². The smallest absolute Gasteiger partial charge is 0.183 e. The van der Waals surface area contributed by atoms with Gasteiger partial charge in [-0.15, -0.1) is 0 Å². The zero-order valence-electron chi connectivity index (χ0n) is 12.9. The van der Waals surface area contributed by atoms with E-state index < -0.39 is 0 Å².